The van der Waals surface area contributed by atoms with Crippen molar-refractivity contribution < 1.29 is 19.4 Å². The maximum atomic E-state index is 8.84. The highest BCUT2D eigenvalue weighted by Gasteiger charge is 2.20. The molecule has 0 fully saturated rings. The van der Waals surface area contributed by atoms with E-state index in [1.807, 2.05) is 36.4 Å². The van der Waals surface area contributed by atoms with E-state index in [1.54, 1.807) is 13.2 Å². The van der Waals surface area contributed by atoms with Crippen molar-refractivity contribution in [2.24, 2.45) is 5.16 Å². The van der Waals surface area contributed by atoms with Crippen LogP contribution in [0.25, 0.3) is 0 Å². The Morgan fingerprint density at radius 2 is 1.90 bits per heavy atom. The van der Waals surface area contributed by atoms with Crippen molar-refractivity contribution in [1.82, 2.24) is 0 Å². The molecule has 108 valence electrons. The molecule has 5 nitrogen and oxygen atoms in total. The van der Waals surface area contributed by atoms with Gasteiger partial charge in [-0.2, -0.15) is 0 Å². The quantitative estimate of drug-likeness (QED) is 0.693. The standard InChI is InChI=1S/C16H15NO4/c1-19-12-4-2-11(3-5-12)9-20-13-6-7-14-15(17-18)10-21-16(14)8-13/h2-8,18H,9-10H2,1H3/b17-15+. The Bertz CT molecular complexity index is 664. The van der Waals surface area contributed by atoms with Gasteiger partial charge in [0.15, 0.2) is 0 Å². The molecule has 0 bridgehead atoms. The van der Waals surface area contributed by atoms with E-state index in [9.17, 15) is 0 Å². The number of oxime groups is 1. The Hall–Kier alpha value is -2.69. The maximum absolute atomic E-state index is 8.84. The van der Waals surface area contributed by atoms with Crippen LogP contribution in [0.1, 0.15) is 11.1 Å². The molecule has 0 aliphatic carbocycles. The molecule has 21 heavy (non-hydrogen) atoms. The van der Waals surface area contributed by atoms with E-state index in [0.29, 0.717) is 23.8 Å². The molecule has 0 aromatic heterocycles. The largest absolute Gasteiger partial charge is 0.497 e. The van der Waals surface area contributed by atoms with Crippen molar-refractivity contribution in [3.63, 3.8) is 0 Å². The Morgan fingerprint density at radius 3 is 2.62 bits per heavy atom. The van der Waals surface area contributed by atoms with Crippen LogP contribution in [0.2, 0.25) is 0 Å². The van der Waals surface area contributed by atoms with E-state index in [-0.39, 0.29) is 6.61 Å². The van der Waals surface area contributed by atoms with Crippen LogP contribution in [-0.4, -0.2) is 24.6 Å². The summed E-state index contributed by atoms with van der Waals surface area (Å²) in [5, 5.41) is 12.1. The molecule has 0 radical (unpaired) electrons. The van der Waals surface area contributed by atoms with Gasteiger partial charge in [-0.25, -0.2) is 0 Å². The van der Waals surface area contributed by atoms with E-state index in [4.69, 9.17) is 19.4 Å². The van der Waals surface area contributed by atoms with Gasteiger partial charge in [-0.1, -0.05) is 17.3 Å². The summed E-state index contributed by atoms with van der Waals surface area (Å²) >= 11 is 0. The van der Waals surface area contributed by atoms with Crippen molar-refractivity contribution >= 4 is 5.71 Å². The minimum absolute atomic E-state index is 0.285. The third-order valence-corrected chi connectivity index (χ3v) is 3.31. The second-order valence-corrected chi connectivity index (χ2v) is 4.63. The predicted octanol–water partition coefficient (Wildman–Crippen LogP) is 2.84. The first-order chi connectivity index (χ1) is 10.3. The number of rotatable bonds is 4. The summed E-state index contributed by atoms with van der Waals surface area (Å²) in [6.45, 7) is 0.748. The first kappa shape index (κ1) is 13.3. The molecular weight excluding hydrogens is 270 g/mol. The van der Waals surface area contributed by atoms with Crippen molar-refractivity contribution in [2.45, 2.75) is 6.61 Å². The number of benzene rings is 2. The highest BCUT2D eigenvalue weighted by atomic mass is 16.5. The van der Waals surface area contributed by atoms with Gasteiger partial charge < -0.3 is 19.4 Å². The first-order valence-corrected chi connectivity index (χ1v) is 6.54. The van der Waals surface area contributed by atoms with E-state index < -0.39 is 0 Å². The average molecular weight is 285 g/mol. The lowest BCUT2D eigenvalue weighted by molar-refractivity contribution is 0.302. The van der Waals surface area contributed by atoms with Gasteiger partial charge >= 0.3 is 0 Å². The number of hydrogen-bond donors (Lipinski definition) is 1. The van der Waals surface area contributed by atoms with Crippen molar-refractivity contribution in [3.05, 3.63) is 53.6 Å². The molecule has 3 rings (SSSR count). The van der Waals surface area contributed by atoms with Crippen LogP contribution in [0.15, 0.2) is 47.6 Å². The Morgan fingerprint density at radius 1 is 1.14 bits per heavy atom. The molecular formula is C16H15NO4. The SMILES string of the molecule is COc1ccc(COc2ccc3c(c2)OC/C3=N\O)cc1. The molecule has 2 aromatic carbocycles. The zero-order chi connectivity index (χ0) is 14.7. The molecule has 0 amide bonds. The van der Waals surface area contributed by atoms with Gasteiger partial charge in [0.1, 0.15) is 36.2 Å². The van der Waals surface area contributed by atoms with Gasteiger partial charge in [0.2, 0.25) is 0 Å². The molecule has 1 aliphatic rings. The Labute approximate surface area is 122 Å². The van der Waals surface area contributed by atoms with Gasteiger partial charge in [-0.15, -0.1) is 0 Å². The van der Waals surface area contributed by atoms with Crippen molar-refractivity contribution in [1.29, 1.82) is 0 Å². The smallest absolute Gasteiger partial charge is 0.134 e. The number of fused-ring (bicyclic) bond motifs is 1. The highest BCUT2D eigenvalue weighted by molar-refractivity contribution is 6.06. The monoisotopic (exact) mass is 285 g/mol. The van der Waals surface area contributed by atoms with E-state index in [1.165, 1.54) is 0 Å². The number of nitrogens with zero attached hydrogens (tertiary/aromatic N) is 1. The molecule has 0 atom stereocenters. The molecule has 1 aliphatic heterocycles. The zero-order valence-corrected chi connectivity index (χ0v) is 11.6. The lowest BCUT2D eigenvalue weighted by atomic mass is 10.1. The molecule has 0 unspecified atom stereocenters. The molecule has 0 spiro atoms. The minimum Gasteiger partial charge on any atom is -0.497 e. The summed E-state index contributed by atoms with van der Waals surface area (Å²) in [7, 11) is 1.64. The summed E-state index contributed by atoms with van der Waals surface area (Å²) in [6, 6.07) is 13.2. The lowest BCUT2D eigenvalue weighted by Crippen LogP contribution is -2.01. The zero-order valence-electron chi connectivity index (χ0n) is 11.6. The summed E-state index contributed by atoms with van der Waals surface area (Å²) in [6.07, 6.45) is 0. The van der Waals surface area contributed by atoms with Crippen LogP contribution in [-0.2, 0) is 6.61 Å². The second-order valence-electron chi connectivity index (χ2n) is 4.63. The highest BCUT2D eigenvalue weighted by Crippen LogP contribution is 2.30. The fourth-order valence-electron chi connectivity index (χ4n) is 2.15. The van der Waals surface area contributed by atoms with Crippen molar-refractivity contribution in [3.8, 4) is 17.2 Å². The Kier molecular flexibility index (Phi) is 3.64. The molecule has 0 saturated carbocycles. The normalized spacial score (nSPS) is 14.6. The van der Waals surface area contributed by atoms with Crippen LogP contribution in [0.3, 0.4) is 0 Å². The number of ether oxygens (including phenoxy) is 3. The molecule has 1 heterocycles. The summed E-state index contributed by atoms with van der Waals surface area (Å²) < 4.78 is 16.3. The van der Waals surface area contributed by atoms with Gasteiger partial charge in [0.05, 0.1) is 7.11 Å². The average Bonchev–Trinajstić information content (AvgIpc) is 2.95. The Balaban J connectivity index is 1.68. The fourth-order valence-corrected chi connectivity index (χ4v) is 2.15. The lowest BCUT2D eigenvalue weighted by Gasteiger charge is -2.08. The summed E-state index contributed by atoms with van der Waals surface area (Å²) in [5.41, 5.74) is 2.39. The minimum atomic E-state index is 0.285. The topological polar surface area (TPSA) is 60.3 Å². The van der Waals surface area contributed by atoms with Crippen LogP contribution in [0.5, 0.6) is 17.2 Å². The fraction of sp³-hybridized carbons (Fsp3) is 0.188. The van der Waals surface area contributed by atoms with Crippen LogP contribution in [0.4, 0.5) is 0 Å². The maximum Gasteiger partial charge on any atom is 0.134 e. The van der Waals surface area contributed by atoms with Crippen LogP contribution < -0.4 is 14.2 Å². The second kappa shape index (κ2) is 5.75. The molecule has 2 aromatic rings. The molecule has 5 heteroatoms. The van der Waals surface area contributed by atoms with Crippen LogP contribution in [0, 0.1) is 0 Å². The number of hydrogen-bond acceptors (Lipinski definition) is 5. The first-order valence-electron chi connectivity index (χ1n) is 6.54. The molecule has 0 saturated heterocycles. The van der Waals surface area contributed by atoms with E-state index in [2.05, 4.69) is 5.16 Å². The third kappa shape index (κ3) is 2.76. The van der Waals surface area contributed by atoms with Gasteiger partial charge in [-0.3, -0.25) is 0 Å². The van der Waals surface area contributed by atoms with Gasteiger partial charge in [0, 0.05) is 11.6 Å². The van der Waals surface area contributed by atoms with Crippen molar-refractivity contribution in [2.75, 3.05) is 13.7 Å². The van der Waals surface area contributed by atoms with Crippen LogP contribution >= 0.6 is 0 Å². The van der Waals surface area contributed by atoms with Gasteiger partial charge in [-0.05, 0) is 29.8 Å². The summed E-state index contributed by atoms with van der Waals surface area (Å²) in [4.78, 5) is 0. The molecule has 1 N–H and O–H groups in total. The van der Waals surface area contributed by atoms with E-state index in [0.717, 1.165) is 16.9 Å². The van der Waals surface area contributed by atoms with Gasteiger partial charge in [0.25, 0.3) is 0 Å². The number of methoxy groups -OCH3 is 1. The third-order valence-electron chi connectivity index (χ3n) is 3.31. The summed E-state index contributed by atoms with van der Waals surface area (Å²) in [5.74, 6) is 2.21. The predicted molar refractivity (Wildman–Crippen MR) is 77.6 cm³/mol. The van der Waals surface area contributed by atoms with E-state index >= 15 is 0 Å².